The lowest BCUT2D eigenvalue weighted by molar-refractivity contribution is 0.0910. The second-order valence-corrected chi connectivity index (χ2v) is 4.10. The highest BCUT2D eigenvalue weighted by atomic mass is 32.1. The normalized spacial score (nSPS) is 12.1. The Balaban J connectivity index is 1.95. The topological polar surface area (TPSA) is 75.1 Å². The fourth-order valence-corrected chi connectivity index (χ4v) is 1.81. The number of nitrogens with zero attached hydrogens (tertiary/aromatic N) is 2. The summed E-state index contributed by atoms with van der Waals surface area (Å²) in [5.41, 5.74) is 0.329. The Labute approximate surface area is 107 Å². The highest BCUT2D eigenvalue weighted by Gasteiger charge is 2.15. The van der Waals surface area contributed by atoms with Crippen molar-refractivity contribution in [3.63, 3.8) is 0 Å². The van der Waals surface area contributed by atoms with Gasteiger partial charge in [0, 0.05) is 12.1 Å². The van der Waals surface area contributed by atoms with Gasteiger partial charge < -0.3 is 10.4 Å². The van der Waals surface area contributed by atoms with E-state index in [-0.39, 0.29) is 17.8 Å². The van der Waals surface area contributed by atoms with Crippen LogP contribution in [0, 0.1) is 5.82 Å². The lowest BCUT2D eigenvalue weighted by Gasteiger charge is -2.12. The highest BCUT2D eigenvalue weighted by Crippen LogP contribution is 2.15. The van der Waals surface area contributed by atoms with Gasteiger partial charge in [0.15, 0.2) is 5.69 Å². The van der Waals surface area contributed by atoms with Gasteiger partial charge in [0.1, 0.15) is 5.82 Å². The number of aromatic nitrogens is 2. The number of rotatable bonds is 4. The van der Waals surface area contributed by atoms with Crippen LogP contribution in [0.3, 0.4) is 0 Å². The van der Waals surface area contributed by atoms with Crippen molar-refractivity contribution in [3.05, 3.63) is 47.5 Å². The maximum Gasteiger partial charge on any atom is 0.272 e. The second kappa shape index (κ2) is 5.65. The summed E-state index contributed by atoms with van der Waals surface area (Å²) in [6.07, 6.45) is 0.233. The van der Waals surface area contributed by atoms with Crippen LogP contribution in [0.25, 0.3) is 0 Å². The molecule has 0 bridgehead atoms. The van der Waals surface area contributed by atoms with E-state index in [4.69, 9.17) is 0 Å². The Hall–Kier alpha value is -1.86. The summed E-state index contributed by atoms with van der Waals surface area (Å²) in [5.74, 6) is -0.950. The number of aliphatic hydroxyl groups is 1. The molecule has 1 aromatic heterocycles. The van der Waals surface area contributed by atoms with Crippen LogP contribution in [0.2, 0.25) is 0 Å². The van der Waals surface area contributed by atoms with Gasteiger partial charge in [0.05, 0.1) is 24.0 Å². The maximum atomic E-state index is 13.3. The summed E-state index contributed by atoms with van der Waals surface area (Å²) in [4.78, 5) is 11.5. The van der Waals surface area contributed by atoms with E-state index in [0.717, 1.165) is 11.7 Å². The third kappa shape index (κ3) is 2.88. The van der Waals surface area contributed by atoms with Gasteiger partial charge in [-0.05, 0) is 6.07 Å². The first-order valence-electron chi connectivity index (χ1n) is 5.16. The van der Waals surface area contributed by atoms with Crippen molar-refractivity contribution in [2.75, 3.05) is 6.54 Å². The predicted molar refractivity (Wildman–Crippen MR) is 63.6 cm³/mol. The number of nitrogens with one attached hydrogen (secondary N) is 1. The summed E-state index contributed by atoms with van der Waals surface area (Å²) in [7, 11) is 0. The van der Waals surface area contributed by atoms with E-state index >= 15 is 0 Å². The molecule has 0 saturated heterocycles. The molecule has 0 aliphatic rings. The Kier molecular flexibility index (Phi) is 3.96. The molecule has 18 heavy (non-hydrogen) atoms. The van der Waals surface area contributed by atoms with Crippen molar-refractivity contribution in [2.24, 2.45) is 0 Å². The summed E-state index contributed by atoms with van der Waals surface area (Å²) in [6, 6.07) is 5.88. The number of carbonyl (C=O) groups excluding carboxylic acids is 1. The average Bonchev–Trinajstić information content (AvgIpc) is 2.90. The zero-order chi connectivity index (χ0) is 13.0. The minimum Gasteiger partial charge on any atom is -0.386 e. The van der Waals surface area contributed by atoms with E-state index < -0.39 is 17.8 Å². The minimum absolute atomic E-state index is 0.0860. The maximum absolute atomic E-state index is 13.3. The van der Waals surface area contributed by atoms with Gasteiger partial charge in [0.2, 0.25) is 0 Å². The minimum atomic E-state index is -1.10. The number of hydrogen-bond acceptors (Lipinski definition) is 5. The molecule has 0 saturated carbocycles. The van der Waals surface area contributed by atoms with Crippen LogP contribution in [-0.2, 0) is 0 Å². The van der Waals surface area contributed by atoms with Crippen molar-refractivity contribution in [1.29, 1.82) is 0 Å². The molecule has 0 aliphatic heterocycles. The molecule has 2 rings (SSSR count). The fraction of sp³-hybridized carbons (Fsp3) is 0.182. The molecule has 0 radical (unpaired) electrons. The fourth-order valence-electron chi connectivity index (χ4n) is 1.40. The number of benzene rings is 1. The van der Waals surface area contributed by atoms with Crippen molar-refractivity contribution in [3.8, 4) is 0 Å². The van der Waals surface area contributed by atoms with Gasteiger partial charge >= 0.3 is 0 Å². The number of hydrogen-bond donors (Lipinski definition) is 2. The number of aliphatic hydroxyl groups excluding tert-OH is 1. The SMILES string of the molecule is O=C(NCC(O)c1ccccc1F)c1cnsn1. The van der Waals surface area contributed by atoms with E-state index in [1.165, 1.54) is 24.4 Å². The molecule has 5 nitrogen and oxygen atoms in total. The first-order chi connectivity index (χ1) is 8.68. The second-order valence-electron chi connectivity index (χ2n) is 3.54. The van der Waals surface area contributed by atoms with Crippen LogP contribution in [0.15, 0.2) is 30.5 Å². The molecule has 0 fully saturated rings. The molecular weight excluding hydrogens is 257 g/mol. The first-order valence-corrected chi connectivity index (χ1v) is 5.90. The smallest absolute Gasteiger partial charge is 0.272 e. The van der Waals surface area contributed by atoms with E-state index in [2.05, 4.69) is 14.1 Å². The third-order valence-corrected chi connectivity index (χ3v) is 2.79. The Bertz CT molecular complexity index is 533. The van der Waals surface area contributed by atoms with Gasteiger partial charge in [-0.3, -0.25) is 4.79 Å². The molecule has 0 aliphatic carbocycles. The Morgan fingerprint density at radius 2 is 2.28 bits per heavy atom. The van der Waals surface area contributed by atoms with Crippen molar-refractivity contribution in [1.82, 2.24) is 14.1 Å². The predicted octanol–water partition coefficient (Wildman–Crippen LogP) is 1.14. The van der Waals surface area contributed by atoms with Crippen LogP contribution in [0.1, 0.15) is 22.2 Å². The zero-order valence-corrected chi connectivity index (χ0v) is 10.0. The van der Waals surface area contributed by atoms with Crippen molar-refractivity contribution < 1.29 is 14.3 Å². The molecule has 1 aromatic carbocycles. The summed E-state index contributed by atoms with van der Waals surface area (Å²) in [5, 5.41) is 12.2. The molecule has 1 heterocycles. The van der Waals surface area contributed by atoms with Crippen molar-refractivity contribution >= 4 is 17.6 Å². The Morgan fingerprint density at radius 1 is 1.50 bits per heavy atom. The average molecular weight is 267 g/mol. The standard InChI is InChI=1S/C11H10FN3O2S/c12-8-4-2-1-3-7(8)10(16)6-13-11(17)9-5-14-18-15-9/h1-5,10,16H,6H2,(H,13,17). The molecule has 2 aromatic rings. The van der Waals surface area contributed by atoms with Crippen LogP contribution in [0.4, 0.5) is 4.39 Å². The molecule has 94 valence electrons. The molecular formula is C11H10FN3O2S. The lowest BCUT2D eigenvalue weighted by atomic mass is 10.1. The van der Waals surface area contributed by atoms with Crippen LogP contribution in [0.5, 0.6) is 0 Å². The molecule has 0 spiro atoms. The molecule has 1 atom stereocenters. The lowest BCUT2D eigenvalue weighted by Crippen LogP contribution is -2.28. The third-order valence-electron chi connectivity index (χ3n) is 2.31. The van der Waals surface area contributed by atoms with E-state index in [1.54, 1.807) is 6.07 Å². The highest BCUT2D eigenvalue weighted by molar-refractivity contribution is 6.99. The van der Waals surface area contributed by atoms with Gasteiger partial charge in [-0.25, -0.2) is 4.39 Å². The van der Waals surface area contributed by atoms with E-state index in [9.17, 15) is 14.3 Å². The first kappa shape index (κ1) is 12.6. The molecule has 1 unspecified atom stereocenters. The molecule has 7 heteroatoms. The quantitative estimate of drug-likeness (QED) is 0.871. The molecule has 1 amide bonds. The van der Waals surface area contributed by atoms with E-state index in [0.29, 0.717) is 0 Å². The van der Waals surface area contributed by atoms with Gasteiger partial charge in [-0.15, -0.1) is 0 Å². The number of amides is 1. The number of halogens is 1. The number of carbonyl (C=O) groups is 1. The van der Waals surface area contributed by atoms with Crippen LogP contribution >= 0.6 is 11.7 Å². The molecule has 2 N–H and O–H groups in total. The monoisotopic (exact) mass is 267 g/mol. The Morgan fingerprint density at radius 3 is 2.94 bits per heavy atom. The van der Waals surface area contributed by atoms with Gasteiger partial charge in [-0.2, -0.15) is 8.75 Å². The van der Waals surface area contributed by atoms with Crippen molar-refractivity contribution in [2.45, 2.75) is 6.10 Å². The van der Waals surface area contributed by atoms with Crippen LogP contribution in [-0.4, -0.2) is 26.3 Å². The zero-order valence-electron chi connectivity index (χ0n) is 9.21. The summed E-state index contributed by atoms with van der Waals surface area (Å²) in [6.45, 7) is -0.0860. The summed E-state index contributed by atoms with van der Waals surface area (Å²) < 4.78 is 20.8. The van der Waals surface area contributed by atoms with Crippen LogP contribution < -0.4 is 5.32 Å². The van der Waals surface area contributed by atoms with Gasteiger partial charge in [-0.1, -0.05) is 18.2 Å². The summed E-state index contributed by atoms with van der Waals surface area (Å²) >= 11 is 0.918. The largest absolute Gasteiger partial charge is 0.386 e. The van der Waals surface area contributed by atoms with E-state index in [1.807, 2.05) is 0 Å². The van der Waals surface area contributed by atoms with Gasteiger partial charge in [0.25, 0.3) is 5.91 Å².